The molecule has 1 aromatic rings. The van der Waals surface area contributed by atoms with Crippen LogP contribution in [-0.2, 0) is 14.8 Å². The number of piperazine rings is 1. The molecule has 1 saturated carbocycles. The van der Waals surface area contributed by atoms with Crippen LogP contribution in [-0.4, -0.2) is 49.7 Å². The van der Waals surface area contributed by atoms with E-state index in [1.807, 2.05) is 0 Å². The van der Waals surface area contributed by atoms with Gasteiger partial charge in [-0.3, -0.25) is 4.79 Å². The summed E-state index contributed by atoms with van der Waals surface area (Å²) in [6.45, 7) is 3.70. The summed E-state index contributed by atoms with van der Waals surface area (Å²) >= 11 is 5.80. The van der Waals surface area contributed by atoms with E-state index in [4.69, 9.17) is 11.6 Å². The van der Waals surface area contributed by atoms with Crippen LogP contribution in [0.4, 0.5) is 0 Å². The Morgan fingerprint density at radius 3 is 2.18 bits per heavy atom. The van der Waals surface area contributed by atoms with Crippen molar-refractivity contribution in [1.82, 2.24) is 9.21 Å². The van der Waals surface area contributed by atoms with Gasteiger partial charge in [0.2, 0.25) is 15.9 Å². The maximum Gasteiger partial charge on any atom is 0.243 e. The molecule has 0 radical (unpaired) electrons. The molecule has 120 valence electrons. The molecule has 2 atom stereocenters. The Balaban J connectivity index is 1.65. The van der Waals surface area contributed by atoms with Gasteiger partial charge in [0.15, 0.2) is 0 Å². The van der Waals surface area contributed by atoms with Crippen molar-refractivity contribution < 1.29 is 13.2 Å². The average Bonchev–Trinajstić information content (AvgIpc) is 3.24. The lowest BCUT2D eigenvalue weighted by molar-refractivity contribution is -0.134. The van der Waals surface area contributed by atoms with E-state index in [-0.39, 0.29) is 16.7 Å². The molecular weight excluding hydrogens is 324 g/mol. The van der Waals surface area contributed by atoms with E-state index < -0.39 is 10.0 Å². The number of amides is 1. The van der Waals surface area contributed by atoms with Crippen LogP contribution in [0.25, 0.3) is 0 Å². The van der Waals surface area contributed by atoms with Crippen molar-refractivity contribution in [2.24, 2.45) is 11.8 Å². The predicted octanol–water partition coefficient (Wildman–Crippen LogP) is 1.83. The largest absolute Gasteiger partial charge is 0.340 e. The van der Waals surface area contributed by atoms with Gasteiger partial charge in [-0.1, -0.05) is 18.5 Å². The molecule has 0 N–H and O–H groups in total. The van der Waals surface area contributed by atoms with Crippen molar-refractivity contribution >= 4 is 27.5 Å². The molecule has 22 heavy (non-hydrogen) atoms. The molecule has 2 fully saturated rings. The van der Waals surface area contributed by atoms with E-state index in [1.54, 1.807) is 17.0 Å². The molecule has 1 aliphatic carbocycles. The molecule has 3 rings (SSSR count). The number of carbonyl (C=O) groups is 1. The van der Waals surface area contributed by atoms with E-state index in [1.165, 1.54) is 16.4 Å². The highest BCUT2D eigenvalue weighted by Gasteiger charge is 2.42. The topological polar surface area (TPSA) is 57.7 Å². The summed E-state index contributed by atoms with van der Waals surface area (Å²) in [6.07, 6.45) is 0.960. The van der Waals surface area contributed by atoms with Crippen molar-refractivity contribution in [3.63, 3.8) is 0 Å². The smallest absolute Gasteiger partial charge is 0.243 e. The van der Waals surface area contributed by atoms with Crippen LogP contribution in [0, 0.1) is 11.8 Å². The normalized spacial score (nSPS) is 26.0. The molecule has 1 aromatic carbocycles. The summed E-state index contributed by atoms with van der Waals surface area (Å²) in [6, 6.07) is 6.17. The van der Waals surface area contributed by atoms with Gasteiger partial charge in [-0.05, 0) is 36.6 Å². The molecule has 0 spiro atoms. The molecule has 2 aliphatic rings. The maximum atomic E-state index is 12.6. The fourth-order valence-electron chi connectivity index (χ4n) is 2.81. The van der Waals surface area contributed by atoms with Gasteiger partial charge in [-0.25, -0.2) is 8.42 Å². The molecule has 1 amide bonds. The third-order valence-corrected chi connectivity index (χ3v) is 6.59. The Morgan fingerprint density at radius 1 is 1.14 bits per heavy atom. The Hall–Kier alpha value is -1.11. The van der Waals surface area contributed by atoms with Crippen LogP contribution in [0.5, 0.6) is 0 Å². The van der Waals surface area contributed by atoms with Crippen LogP contribution in [0.2, 0.25) is 5.02 Å². The zero-order chi connectivity index (χ0) is 15.9. The summed E-state index contributed by atoms with van der Waals surface area (Å²) in [5, 5.41) is 0.507. The van der Waals surface area contributed by atoms with Crippen molar-refractivity contribution in [3.05, 3.63) is 29.3 Å². The van der Waals surface area contributed by atoms with Crippen molar-refractivity contribution in [3.8, 4) is 0 Å². The van der Waals surface area contributed by atoms with E-state index in [9.17, 15) is 13.2 Å². The van der Waals surface area contributed by atoms with Gasteiger partial charge in [0.1, 0.15) is 0 Å². The van der Waals surface area contributed by atoms with E-state index in [0.29, 0.717) is 37.1 Å². The van der Waals surface area contributed by atoms with Crippen LogP contribution in [0.3, 0.4) is 0 Å². The van der Waals surface area contributed by atoms with Gasteiger partial charge in [0.25, 0.3) is 0 Å². The molecule has 0 bridgehead atoms. The first-order valence-electron chi connectivity index (χ1n) is 7.44. The number of nitrogens with zero attached hydrogens (tertiary/aromatic N) is 2. The Kier molecular flexibility index (Phi) is 4.18. The zero-order valence-electron chi connectivity index (χ0n) is 12.4. The van der Waals surface area contributed by atoms with Gasteiger partial charge in [-0.15, -0.1) is 0 Å². The van der Waals surface area contributed by atoms with Crippen molar-refractivity contribution in [1.29, 1.82) is 0 Å². The second kappa shape index (κ2) is 5.83. The molecule has 5 nitrogen and oxygen atoms in total. The third-order valence-electron chi connectivity index (χ3n) is 4.43. The van der Waals surface area contributed by atoms with E-state index >= 15 is 0 Å². The zero-order valence-corrected chi connectivity index (χ0v) is 14.0. The monoisotopic (exact) mass is 342 g/mol. The lowest BCUT2D eigenvalue weighted by atomic mass is 10.2. The van der Waals surface area contributed by atoms with Gasteiger partial charge < -0.3 is 4.90 Å². The Bertz CT molecular complexity index is 667. The summed E-state index contributed by atoms with van der Waals surface area (Å²) in [7, 11) is -3.51. The number of sulfonamides is 1. The summed E-state index contributed by atoms with van der Waals surface area (Å²) in [5.41, 5.74) is 0. The van der Waals surface area contributed by atoms with Gasteiger partial charge >= 0.3 is 0 Å². The first-order chi connectivity index (χ1) is 10.4. The number of benzene rings is 1. The highest BCUT2D eigenvalue weighted by Crippen LogP contribution is 2.39. The first-order valence-corrected chi connectivity index (χ1v) is 9.26. The number of hydrogen-bond donors (Lipinski definition) is 0. The molecule has 0 unspecified atom stereocenters. The third kappa shape index (κ3) is 3.00. The number of rotatable bonds is 3. The van der Waals surface area contributed by atoms with Crippen LogP contribution in [0.15, 0.2) is 29.2 Å². The van der Waals surface area contributed by atoms with Crippen molar-refractivity contribution in [2.75, 3.05) is 26.2 Å². The summed E-state index contributed by atoms with van der Waals surface area (Å²) in [4.78, 5) is 14.2. The van der Waals surface area contributed by atoms with E-state index in [0.717, 1.165) is 6.42 Å². The highest BCUT2D eigenvalue weighted by molar-refractivity contribution is 7.89. The van der Waals surface area contributed by atoms with Crippen LogP contribution < -0.4 is 0 Å². The maximum absolute atomic E-state index is 12.6. The second-order valence-electron chi connectivity index (χ2n) is 6.00. The number of halogens is 1. The predicted molar refractivity (Wildman–Crippen MR) is 84.1 cm³/mol. The lowest BCUT2D eigenvalue weighted by Crippen LogP contribution is -2.51. The molecule has 0 aromatic heterocycles. The second-order valence-corrected chi connectivity index (χ2v) is 8.38. The lowest BCUT2D eigenvalue weighted by Gasteiger charge is -2.34. The Labute approximate surface area is 135 Å². The van der Waals surface area contributed by atoms with Gasteiger partial charge in [0.05, 0.1) is 4.90 Å². The van der Waals surface area contributed by atoms with E-state index in [2.05, 4.69) is 6.92 Å². The molecule has 7 heteroatoms. The van der Waals surface area contributed by atoms with Crippen LogP contribution in [0.1, 0.15) is 13.3 Å². The molecule has 1 heterocycles. The number of hydrogen-bond acceptors (Lipinski definition) is 3. The fraction of sp³-hybridized carbons (Fsp3) is 0.533. The quantitative estimate of drug-likeness (QED) is 0.842. The van der Waals surface area contributed by atoms with Crippen molar-refractivity contribution in [2.45, 2.75) is 18.2 Å². The Morgan fingerprint density at radius 2 is 1.68 bits per heavy atom. The number of carbonyl (C=O) groups excluding carboxylic acids is 1. The summed E-state index contributed by atoms with van der Waals surface area (Å²) < 4.78 is 26.5. The molecule has 1 saturated heterocycles. The highest BCUT2D eigenvalue weighted by atomic mass is 35.5. The summed E-state index contributed by atoms with van der Waals surface area (Å²) in [5.74, 6) is 0.804. The first kappa shape index (κ1) is 15.8. The fourth-order valence-corrected chi connectivity index (χ4v) is 4.35. The SMILES string of the molecule is C[C@@H]1C[C@@H]1C(=O)N1CCN(S(=O)(=O)c2ccc(Cl)cc2)CC1. The minimum Gasteiger partial charge on any atom is -0.340 e. The standard InChI is InChI=1S/C15H19ClN2O3S/c1-11-10-14(11)15(19)17-6-8-18(9-7-17)22(20,21)13-4-2-12(16)3-5-13/h2-5,11,14H,6-10H2,1H3/t11-,14+/m1/s1. The molecule has 1 aliphatic heterocycles. The minimum absolute atomic E-state index is 0.152. The molecular formula is C15H19ClN2O3S. The van der Waals surface area contributed by atoms with Gasteiger partial charge in [-0.2, -0.15) is 4.31 Å². The van der Waals surface area contributed by atoms with Gasteiger partial charge in [0, 0.05) is 37.1 Å². The van der Waals surface area contributed by atoms with Crippen LogP contribution >= 0.6 is 11.6 Å². The average molecular weight is 343 g/mol. The minimum atomic E-state index is -3.51.